The van der Waals surface area contributed by atoms with Crippen LogP contribution in [0.4, 0.5) is 0 Å². The van der Waals surface area contributed by atoms with Crippen molar-refractivity contribution in [2.75, 3.05) is 0 Å². The Hall–Kier alpha value is -3.68. The molecule has 8 aromatic heterocycles. The molecule has 8 rings (SSSR count). The predicted molar refractivity (Wildman–Crippen MR) is 83.2 cm³/mol. The maximum atomic E-state index is 4.85. The molecule has 0 amide bonds. The van der Waals surface area contributed by atoms with E-state index >= 15 is 0 Å². The Morgan fingerprint density at radius 1 is 0.458 bits per heavy atom. The molecular formula is C16H8N8+2. The van der Waals surface area contributed by atoms with E-state index in [-0.39, 0.29) is 0 Å². The first-order valence-corrected chi connectivity index (χ1v) is 7.62. The van der Waals surface area contributed by atoms with Crippen molar-refractivity contribution >= 4 is 45.2 Å². The zero-order valence-corrected chi connectivity index (χ0v) is 12.2. The van der Waals surface area contributed by atoms with Gasteiger partial charge in [0.2, 0.25) is 11.3 Å². The summed E-state index contributed by atoms with van der Waals surface area (Å²) in [4.78, 5) is 19.4. The van der Waals surface area contributed by atoms with Gasteiger partial charge in [0.25, 0.3) is 22.6 Å². The summed E-state index contributed by atoms with van der Waals surface area (Å²) in [5.74, 6) is 0. The minimum atomic E-state index is 0.792. The van der Waals surface area contributed by atoms with Gasteiger partial charge >= 0.3 is 0 Å². The lowest BCUT2D eigenvalue weighted by Crippen LogP contribution is -2.30. The third-order valence-corrected chi connectivity index (χ3v) is 4.58. The molecule has 0 N–H and O–H groups in total. The second-order valence-electron chi connectivity index (χ2n) is 5.89. The summed E-state index contributed by atoms with van der Waals surface area (Å²) in [5.41, 5.74) is 6.33. The minimum Gasteiger partial charge on any atom is -0.207 e. The third kappa shape index (κ3) is 1.05. The molecule has 0 aliphatic carbocycles. The summed E-state index contributed by atoms with van der Waals surface area (Å²) >= 11 is 0. The van der Waals surface area contributed by atoms with Gasteiger partial charge in [-0.15, -0.1) is 18.1 Å². The monoisotopic (exact) mass is 312 g/mol. The van der Waals surface area contributed by atoms with E-state index in [0.29, 0.717) is 0 Å². The number of nitrogens with zero attached hydrogens (tertiary/aromatic N) is 8. The number of rotatable bonds is 0. The molecule has 0 fully saturated rings. The highest BCUT2D eigenvalue weighted by atomic mass is 15.4. The van der Waals surface area contributed by atoms with Crippen LogP contribution < -0.4 is 9.03 Å². The molecule has 0 saturated carbocycles. The molecule has 0 atom stereocenters. The molecule has 0 unspecified atom stereocenters. The third-order valence-electron chi connectivity index (χ3n) is 4.58. The van der Waals surface area contributed by atoms with Crippen LogP contribution in [0.25, 0.3) is 45.2 Å². The molecule has 8 aromatic rings. The molecule has 8 nitrogen and oxygen atoms in total. The van der Waals surface area contributed by atoms with Crippen molar-refractivity contribution in [2.45, 2.75) is 0 Å². The highest BCUT2D eigenvalue weighted by molar-refractivity contribution is 5.62. The summed E-state index contributed by atoms with van der Waals surface area (Å²) in [6, 6.07) is 15.7. The fraction of sp³-hybridized carbons (Fsp3) is 0. The van der Waals surface area contributed by atoms with Crippen molar-refractivity contribution in [3.63, 3.8) is 0 Å². The van der Waals surface area contributed by atoms with Crippen LogP contribution in [-0.4, -0.2) is 29.0 Å². The molecule has 8 heteroatoms. The van der Waals surface area contributed by atoms with Gasteiger partial charge in [-0.3, -0.25) is 0 Å². The van der Waals surface area contributed by atoms with E-state index in [4.69, 9.17) is 19.9 Å². The molecule has 0 aromatic carbocycles. The molecule has 12 bridgehead atoms. The van der Waals surface area contributed by atoms with E-state index in [1.165, 1.54) is 0 Å². The van der Waals surface area contributed by atoms with Gasteiger partial charge in [0.15, 0.2) is 11.3 Å². The molecule has 0 saturated heterocycles. The van der Waals surface area contributed by atoms with E-state index in [0.717, 1.165) is 45.2 Å². The van der Waals surface area contributed by atoms with Crippen LogP contribution in [0.2, 0.25) is 0 Å². The maximum absolute atomic E-state index is 4.85. The summed E-state index contributed by atoms with van der Waals surface area (Å²) in [6.07, 6.45) is 0. The molecule has 0 spiro atoms. The minimum absolute atomic E-state index is 0.792. The van der Waals surface area contributed by atoms with Crippen molar-refractivity contribution in [3.05, 3.63) is 48.5 Å². The highest BCUT2D eigenvalue weighted by Crippen LogP contribution is 2.13. The Morgan fingerprint density at radius 3 is 1.29 bits per heavy atom. The first-order chi connectivity index (χ1) is 11.9. The van der Waals surface area contributed by atoms with E-state index < -0.39 is 0 Å². The van der Waals surface area contributed by atoms with Crippen molar-refractivity contribution in [1.29, 1.82) is 0 Å². The lowest BCUT2D eigenvalue weighted by Gasteiger charge is -1.91. The number of aromatic nitrogens is 8. The van der Waals surface area contributed by atoms with Gasteiger partial charge in [-0.05, 0) is 12.1 Å². The topological polar surface area (TPSA) is 68.6 Å². The number of hydrogen-bond donors (Lipinski definition) is 0. The van der Waals surface area contributed by atoms with Crippen LogP contribution in [0.1, 0.15) is 0 Å². The van der Waals surface area contributed by atoms with E-state index in [2.05, 4.69) is 0 Å². The van der Waals surface area contributed by atoms with E-state index in [9.17, 15) is 0 Å². The van der Waals surface area contributed by atoms with Crippen LogP contribution in [0.3, 0.4) is 0 Å². The van der Waals surface area contributed by atoms with Crippen LogP contribution in [0.15, 0.2) is 48.5 Å². The van der Waals surface area contributed by atoms with Crippen LogP contribution >= 0.6 is 0 Å². The van der Waals surface area contributed by atoms with Crippen molar-refractivity contribution in [1.82, 2.24) is 29.0 Å². The maximum Gasteiger partial charge on any atom is 0.290 e. The van der Waals surface area contributed by atoms with Gasteiger partial charge in [-0.25, -0.2) is 4.98 Å². The zero-order chi connectivity index (χ0) is 15.4. The van der Waals surface area contributed by atoms with Crippen molar-refractivity contribution < 1.29 is 9.03 Å². The second kappa shape index (κ2) is 3.30. The highest BCUT2D eigenvalue weighted by Gasteiger charge is 2.22. The SMILES string of the molecule is c1cc2nc3ccc4nc5ccc6nc7ccc(nc1n2[n+]65)n7[n+]34. The van der Waals surface area contributed by atoms with Gasteiger partial charge in [0.05, 0.1) is 0 Å². The Kier molecular flexibility index (Phi) is 1.51. The quantitative estimate of drug-likeness (QED) is 0.381. The molecule has 8 heterocycles. The summed E-state index contributed by atoms with van der Waals surface area (Å²) in [5, 5.41) is 0. The standard InChI is InChI=1S/C16H8N8/c1-2-10-18-12-5-8-16-20-14-7-6-13-19-15-4-3-11(23(15)24(12)16)17-9(1)21(10)22(13)14/h1-8H/q+2. The van der Waals surface area contributed by atoms with Gasteiger partial charge in [-0.1, -0.05) is 15.0 Å². The molecule has 0 aliphatic heterocycles. The fourth-order valence-electron chi connectivity index (χ4n) is 3.60. The smallest absolute Gasteiger partial charge is 0.207 e. The molecule has 0 radical (unpaired) electrons. The first kappa shape index (κ1) is 10.9. The lowest BCUT2D eigenvalue weighted by molar-refractivity contribution is -0.567. The lowest BCUT2D eigenvalue weighted by atomic mass is 10.6. The zero-order valence-electron chi connectivity index (χ0n) is 12.2. The predicted octanol–water partition coefficient (Wildman–Crippen LogP) is 0.431. The largest absolute Gasteiger partial charge is 0.290 e. The summed E-state index contributed by atoms with van der Waals surface area (Å²) in [7, 11) is 0. The fourth-order valence-corrected chi connectivity index (χ4v) is 3.60. The molecule has 0 aliphatic rings. The van der Waals surface area contributed by atoms with Crippen LogP contribution in [-0.2, 0) is 0 Å². The average Bonchev–Trinajstić information content (AvgIpc) is 3.33. The first-order valence-electron chi connectivity index (χ1n) is 7.62. The van der Waals surface area contributed by atoms with Crippen molar-refractivity contribution in [3.8, 4) is 0 Å². The van der Waals surface area contributed by atoms with Crippen LogP contribution in [0.5, 0.6) is 0 Å². The van der Waals surface area contributed by atoms with Gasteiger partial charge in [0, 0.05) is 36.4 Å². The van der Waals surface area contributed by atoms with Crippen molar-refractivity contribution in [2.24, 2.45) is 0 Å². The summed E-state index contributed by atoms with van der Waals surface area (Å²) in [6.45, 7) is 0. The van der Waals surface area contributed by atoms with Gasteiger partial charge in [0.1, 0.15) is 0 Å². The summed E-state index contributed by atoms with van der Waals surface area (Å²) < 4.78 is 7.85. The normalized spacial score (nSPS) is 13.0. The van der Waals surface area contributed by atoms with Crippen LogP contribution in [0, 0.1) is 0 Å². The molecular weight excluding hydrogens is 304 g/mol. The van der Waals surface area contributed by atoms with E-state index in [1.54, 1.807) is 0 Å². The molecule has 110 valence electrons. The average molecular weight is 312 g/mol. The molecule has 24 heavy (non-hydrogen) atoms. The van der Waals surface area contributed by atoms with Gasteiger partial charge in [-0.2, -0.15) is 0 Å². The van der Waals surface area contributed by atoms with Gasteiger partial charge < -0.3 is 0 Å². The Balaban J connectivity index is 2.21. The Morgan fingerprint density at radius 2 is 0.833 bits per heavy atom. The number of hydrogen-bond acceptors (Lipinski definition) is 4. The Labute approximate surface area is 132 Å². The Bertz CT molecular complexity index is 1220. The van der Waals surface area contributed by atoms with E-state index in [1.807, 2.05) is 66.6 Å². The second-order valence-corrected chi connectivity index (χ2v) is 5.89.